The van der Waals surface area contributed by atoms with Crippen molar-refractivity contribution in [1.29, 1.82) is 0 Å². The molecule has 0 saturated carbocycles. The molecule has 0 aliphatic carbocycles. The monoisotopic (exact) mass is 558 g/mol. The van der Waals surface area contributed by atoms with Crippen LogP contribution in [0.15, 0.2) is 58.1 Å². The van der Waals surface area contributed by atoms with Crippen LogP contribution in [-0.4, -0.2) is 54.5 Å². The van der Waals surface area contributed by atoms with Crippen molar-refractivity contribution in [2.24, 2.45) is 5.92 Å². The standard InChI is InChI=1S/C27H34N4O7S/c1-17(2)16-20(28-27(34)24-18(3)19-10-4-5-12-22(19)38-24)26(33)29-25-21(32)11-6-9-15-31(25)39(36,37)23-13-7-8-14-30(23)35/h4-5,7-8,10,12-14,17,20-21,25,32H,6,9,11,15-16H2,1-3H3,(H,28,34)(H,29,33)/t20?,21-,25?/m0/s1. The number of rotatable bonds is 8. The number of carbonyl (C=O) groups excluding carboxylic acids is 2. The Morgan fingerprint density at radius 1 is 1.18 bits per heavy atom. The van der Waals surface area contributed by atoms with E-state index in [1.807, 2.05) is 26.0 Å². The first kappa shape index (κ1) is 28.5. The van der Waals surface area contributed by atoms with E-state index in [-0.39, 0.29) is 35.8 Å². The number of aliphatic hydroxyl groups excluding tert-OH is 1. The summed E-state index contributed by atoms with van der Waals surface area (Å²) in [7, 11) is -4.37. The molecule has 39 heavy (non-hydrogen) atoms. The highest BCUT2D eigenvalue weighted by atomic mass is 32.2. The molecule has 0 radical (unpaired) electrons. The number of hydrogen-bond donors (Lipinski definition) is 3. The molecular formula is C27H34N4O7S. The molecule has 0 bridgehead atoms. The number of sulfonamides is 1. The zero-order chi connectivity index (χ0) is 28.3. The number of furan rings is 1. The quantitative estimate of drug-likeness (QED) is 0.283. The maximum Gasteiger partial charge on any atom is 0.323 e. The predicted molar refractivity (Wildman–Crippen MR) is 143 cm³/mol. The van der Waals surface area contributed by atoms with Crippen LogP contribution in [0.3, 0.4) is 0 Å². The summed E-state index contributed by atoms with van der Waals surface area (Å²) in [6.45, 7) is 5.53. The number of nitrogens with zero attached hydrogens (tertiary/aromatic N) is 2. The van der Waals surface area contributed by atoms with Gasteiger partial charge in [0.1, 0.15) is 17.8 Å². The Labute approximate surface area is 227 Å². The first-order valence-electron chi connectivity index (χ1n) is 13.0. The topological polar surface area (TPSA) is 156 Å². The first-order valence-corrected chi connectivity index (χ1v) is 14.4. The molecule has 1 aromatic carbocycles. The summed E-state index contributed by atoms with van der Waals surface area (Å²) in [4.78, 5) is 26.8. The molecule has 3 N–H and O–H groups in total. The van der Waals surface area contributed by atoms with Gasteiger partial charge in [-0.2, -0.15) is 9.04 Å². The largest absolute Gasteiger partial charge is 0.618 e. The predicted octanol–water partition coefficient (Wildman–Crippen LogP) is 2.20. The average Bonchev–Trinajstić information content (AvgIpc) is 3.11. The lowest BCUT2D eigenvalue weighted by molar-refractivity contribution is -0.646. The van der Waals surface area contributed by atoms with Gasteiger partial charge in [-0.15, -0.1) is 0 Å². The van der Waals surface area contributed by atoms with E-state index in [0.717, 1.165) is 15.9 Å². The third-order valence-electron chi connectivity index (χ3n) is 6.83. The lowest BCUT2D eigenvalue weighted by Gasteiger charge is -2.33. The number of amides is 2. The second-order valence-electron chi connectivity index (χ2n) is 10.2. The number of nitrogens with one attached hydrogen (secondary N) is 2. The number of aliphatic hydroxyl groups is 1. The SMILES string of the molecule is Cc1c(C(=O)NC(CC(C)C)C(=O)NC2[C@@H](O)CCCCN2S(=O)(=O)c2cccc[n+]2[O-])oc2ccccc12. The van der Waals surface area contributed by atoms with Crippen LogP contribution >= 0.6 is 0 Å². The molecular weight excluding hydrogens is 524 g/mol. The normalized spacial score (nSPS) is 19.5. The summed E-state index contributed by atoms with van der Waals surface area (Å²) >= 11 is 0. The Balaban J connectivity index is 1.61. The molecule has 1 aliphatic heterocycles. The van der Waals surface area contributed by atoms with Gasteiger partial charge in [0.2, 0.25) is 5.91 Å². The van der Waals surface area contributed by atoms with Crippen molar-refractivity contribution in [3.63, 3.8) is 0 Å². The highest BCUT2D eigenvalue weighted by molar-refractivity contribution is 7.89. The van der Waals surface area contributed by atoms with Crippen molar-refractivity contribution in [3.8, 4) is 0 Å². The number of aryl methyl sites for hydroxylation is 1. The summed E-state index contributed by atoms with van der Waals surface area (Å²) in [5.74, 6) is -1.15. The molecule has 1 saturated heterocycles. The van der Waals surface area contributed by atoms with Crippen molar-refractivity contribution in [3.05, 3.63) is 65.2 Å². The highest BCUT2D eigenvalue weighted by Crippen LogP contribution is 2.26. The number of fused-ring (bicyclic) bond motifs is 1. The van der Waals surface area contributed by atoms with Gasteiger partial charge in [-0.1, -0.05) is 32.0 Å². The zero-order valence-electron chi connectivity index (χ0n) is 22.2. The van der Waals surface area contributed by atoms with Crippen molar-refractivity contribution in [2.45, 2.75) is 69.8 Å². The maximum atomic E-state index is 13.5. The molecule has 12 heteroatoms. The molecule has 1 aliphatic rings. The second-order valence-corrected chi connectivity index (χ2v) is 12.0. The summed E-state index contributed by atoms with van der Waals surface area (Å²) in [5.41, 5.74) is 1.18. The minimum atomic E-state index is -4.37. The number of pyridine rings is 1. The molecule has 2 amide bonds. The van der Waals surface area contributed by atoms with Crippen molar-refractivity contribution < 1.29 is 32.3 Å². The second kappa shape index (κ2) is 11.7. The fourth-order valence-electron chi connectivity index (χ4n) is 4.84. The Bertz CT molecular complexity index is 1450. The number of aromatic nitrogens is 1. The van der Waals surface area contributed by atoms with Gasteiger partial charge in [0, 0.05) is 29.6 Å². The van der Waals surface area contributed by atoms with Crippen LogP contribution in [0.2, 0.25) is 0 Å². The fraction of sp³-hybridized carbons (Fsp3) is 0.444. The highest BCUT2D eigenvalue weighted by Gasteiger charge is 2.42. The molecule has 11 nitrogen and oxygen atoms in total. The Morgan fingerprint density at radius 3 is 2.59 bits per heavy atom. The van der Waals surface area contributed by atoms with Crippen LogP contribution in [0.4, 0.5) is 0 Å². The van der Waals surface area contributed by atoms with E-state index in [4.69, 9.17) is 4.42 Å². The Hall–Kier alpha value is -3.48. The lowest BCUT2D eigenvalue weighted by Crippen LogP contribution is -2.60. The first-order chi connectivity index (χ1) is 18.5. The Kier molecular flexibility index (Phi) is 8.57. The van der Waals surface area contributed by atoms with Gasteiger partial charge >= 0.3 is 15.0 Å². The number of benzene rings is 1. The number of para-hydroxylation sites is 1. The van der Waals surface area contributed by atoms with Crippen molar-refractivity contribution in [2.75, 3.05) is 6.54 Å². The van der Waals surface area contributed by atoms with E-state index in [2.05, 4.69) is 10.6 Å². The third-order valence-corrected chi connectivity index (χ3v) is 8.71. The minimum absolute atomic E-state index is 0.000420. The lowest BCUT2D eigenvalue weighted by atomic mass is 10.0. The molecule has 2 aromatic heterocycles. The van der Waals surface area contributed by atoms with E-state index >= 15 is 0 Å². The zero-order valence-corrected chi connectivity index (χ0v) is 23.0. The van der Waals surface area contributed by atoms with E-state index in [1.54, 1.807) is 19.1 Å². The summed E-state index contributed by atoms with van der Waals surface area (Å²) in [5, 5.41) is 28.8. The van der Waals surface area contributed by atoms with Gasteiger partial charge in [0.05, 0.1) is 6.10 Å². The number of carbonyl (C=O) groups is 2. The number of hydrogen-bond acceptors (Lipinski definition) is 7. The van der Waals surface area contributed by atoms with E-state index < -0.39 is 45.2 Å². The van der Waals surface area contributed by atoms with Crippen LogP contribution in [0.1, 0.15) is 55.6 Å². The minimum Gasteiger partial charge on any atom is -0.618 e. The molecule has 3 atom stereocenters. The van der Waals surface area contributed by atoms with E-state index in [0.29, 0.717) is 24.0 Å². The molecule has 4 rings (SSSR count). The third kappa shape index (κ3) is 6.07. The maximum absolute atomic E-state index is 13.5. The van der Waals surface area contributed by atoms with Crippen LogP contribution in [0.5, 0.6) is 0 Å². The van der Waals surface area contributed by atoms with Gasteiger partial charge in [-0.25, -0.2) is 8.42 Å². The smallest absolute Gasteiger partial charge is 0.323 e. The van der Waals surface area contributed by atoms with Crippen molar-refractivity contribution >= 4 is 32.8 Å². The van der Waals surface area contributed by atoms with Crippen molar-refractivity contribution in [1.82, 2.24) is 14.9 Å². The van der Waals surface area contributed by atoms with Crippen LogP contribution in [0, 0.1) is 18.0 Å². The van der Waals surface area contributed by atoms with E-state index in [1.165, 1.54) is 18.2 Å². The fourth-order valence-corrected chi connectivity index (χ4v) is 6.49. The molecule has 3 aromatic rings. The van der Waals surface area contributed by atoms with Crippen LogP contribution < -0.4 is 15.4 Å². The molecule has 2 unspecified atom stereocenters. The van der Waals surface area contributed by atoms with Crippen LogP contribution in [0.25, 0.3) is 11.0 Å². The van der Waals surface area contributed by atoms with E-state index in [9.17, 15) is 28.3 Å². The molecule has 1 fully saturated rings. The van der Waals surface area contributed by atoms with Gasteiger partial charge in [0.25, 0.3) is 5.91 Å². The van der Waals surface area contributed by atoms with Gasteiger partial charge in [-0.05, 0) is 50.7 Å². The molecule has 3 heterocycles. The average molecular weight is 559 g/mol. The Morgan fingerprint density at radius 2 is 1.90 bits per heavy atom. The van der Waals surface area contributed by atoms with Gasteiger partial charge < -0.3 is 25.4 Å². The molecule has 210 valence electrons. The molecule has 0 spiro atoms. The van der Waals surface area contributed by atoms with Gasteiger partial charge in [0.15, 0.2) is 12.0 Å². The summed E-state index contributed by atoms with van der Waals surface area (Å²) in [6, 6.07) is 10.2. The summed E-state index contributed by atoms with van der Waals surface area (Å²) in [6.07, 6.45) is -0.000549. The summed E-state index contributed by atoms with van der Waals surface area (Å²) < 4.78 is 33.9. The van der Waals surface area contributed by atoms with Gasteiger partial charge in [-0.3, -0.25) is 9.59 Å². The van der Waals surface area contributed by atoms with Crippen LogP contribution in [-0.2, 0) is 14.8 Å².